The van der Waals surface area contributed by atoms with E-state index in [1.54, 1.807) is 17.0 Å². The van der Waals surface area contributed by atoms with Gasteiger partial charge in [-0.3, -0.25) is 9.78 Å². The molecule has 3 rings (SSSR count). The number of aromatic nitrogens is 1. The van der Waals surface area contributed by atoms with Gasteiger partial charge in [-0.15, -0.1) is 6.58 Å². The predicted molar refractivity (Wildman–Crippen MR) is 99.5 cm³/mol. The molecule has 0 bridgehead atoms. The maximum Gasteiger partial charge on any atom is 0.255 e. The van der Waals surface area contributed by atoms with E-state index in [2.05, 4.69) is 11.6 Å². The Bertz CT molecular complexity index is 945. The molecule has 1 aliphatic heterocycles. The van der Waals surface area contributed by atoms with Crippen LogP contribution in [0.1, 0.15) is 28.0 Å². The number of fused-ring (bicyclic) bond motifs is 1. The highest BCUT2D eigenvalue weighted by Crippen LogP contribution is 2.25. The lowest BCUT2D eigenvalue weighted by Crippen LogP contribution is -2.41. The van der Waals surface area contributed by atoms with Crippen LogP contribution in [0.3, 0.4) is 0 Å². The highest BCUT2D eigenvalue weighted by Gasteiger charge is 2.35. The van der Waals surface area contributed by atoms with Crippen molar-refractivity contribution in [3.63, 3.8) is 0 Å². The third-order valence-electron chi connectivity index (χ3n) is 4.56. The van der Waals surface area contributed by atoms with Crippen LogP contribution in [0.25, 0.3) is 10.9 Å². The van der Waals surface area contributed by atoms with Gasteiger partial charge in [-0.1, -0.05) is 18.2 Å². The first-order valence-electron chi connectivity index (χ1n) is 8.31. The molecular formula is C19H22N2O3S. The molecule has 0 unspecified atom stereocenters. The molecule has 2 heterocycles. The molecule has 1 saturated heterocycles. The molecule has 2 aromatic rings. The van der Waals surface area contributed by atoms with E-state index >= 15 is 0 Å². The average molecular weight is 358 g/mol. The SMILES string of the molecule is C=CCN(C(=O)c1cc(C)nc2cc(C)ccc12)[C@@H]1CCS(=O)(=O)C1. The number of hydrogen-bond acceptors (Lipinski definition) is 4. The van der Waals surface area contributed by atoms with Gasteiger partial charge in [0.1, 0.15) is 0 Å². The van der Waals surface area contributed by atoms with Gasteiger partial charge in [0.2, 0.25) is 0 Å². The average Bonchev–Trinajstić information content (AvgIpc) is 2.90. The van der Waals surface area contributed by atoms with E-state index in [1.807, 2.05) is 32.0 Å². The number of hydrogen-bond donors (Lipinski definition) is 0. The smallest absolute Gasteiger partial charge is 0.255 e. The molecule has 1 aliphatic rings. The molecule has 0 saturated carbocycles. The summed E-state index contributed by atoms with van der Waals surface area (Å²) in [7, 11) is -3.07. The summed E-state index contributed by atoms with van der Waals surface area (Å²) in [4.78, 5) is 19.4. The zero-order chi connectivity index (χ0) is 18.2. The van der Waals surface area contributed by atoms with Crippen LogP contribution in [0, 0.1) is 13.8 Å². The van der Waals surface area contributed by atoms with Crippen molar-refractivity contribution in [1.82, 2.24) is 9.88 Å². The van der Waals surface area contributed by atoms with Crippen molar-refractivity contribution < 1.29 is 13.2 Å². The maximum atomic E-state index is 13.2. The van der Waals surface area contributed by atoms with Gasteiger partial charge < -0.3 is 4.90 Å². The fourth-order valence-corrected chi connectivity index (χ4v) is 5.09. The predicted octanol–water partition coefficient (Wildman–Crippen LogP) is 2.67. The van der Waals surface area contributed by atoms with Gasteiger partial charge in [0.05, 0.1) is 22.6 Å². The first kappa shape index (κ1) is 17.6. The summed E-state index contributed by atoms with van der Waals surface area (Å²) >= 11 is 0. The second-order valence-electron chi connectivity index (χ2n) is 6.63. The number of amides is 1. The van der Waals surface area contributed by atoms with Gasteiger partial charge in [0, 0.05) is 23.7 Å². The fraction of sp³-hybridized carbons (Fsp3) is 0.368. The normalized spacial score (nSPS) is 19.0. The van der Waals surface area contributed by atoms with E-state index in [-0.39, 0.29) is 23.5 Å². The lowest BCUT2D eigenvalue weighted by atomic mass is 10.0. The summed E-state index contributed by atoms with van der Waals surface area (Å²) in [5.41, 5.74) is 3.18. The van der Waals surface area contributed by atoms with Crippen LogP contribution in [0.4, 0.5) is 0 Å². The fourth-order valence-electron chi connectivity index (χ4n) is 3.36. The van der Waals surface area contributed by atoms with E-state index in [1.165, 1.54) is 0 Å². The summed E-state index contributed by atoms with van der Waals surface area (Å²) in [5, 5.41) is 0.788. The van der Waals surface area contributed by atoms with Crippen LogP contribution in [0.2, 0.25) is 0 Å². The Kier molecular flexibility index (Phi) is 4.64. The molecule has 6 heteroatoms. The molecule has 1 aromatic heterocycles. The van der Waals surface area contributed by atoms with Crippen molar-refractivity contribution in [2.75, 3.05) is 18.1 Å². The van der Waals surface area contributed by atoms with E-state index < -0.39 is 9.84 Å². The molecule has 1 aromatic carbocycles. The van der Waals surface area contributed by atoms with E-state index in [0.717, 1.165) is 22.2 Å². The van der Waals surface area contributed by atoms with Crippen LogP contribution in [0.5, 0.6) is 0 Å². The summed E-state index contributed by atoms with van der Waals surface area (Å²) in [6, 6.07) is 7.29. The van der Waals surface area contributed by atoms with Gasteiger partial charge in [-0.2, -0.15) is 0 Å². The zero-order valence-corrected chi connectivity index (χ0v) is 15.3. The summed E-state index contributed by atoms with van der Waals surface area (Å²) in [6.45, 7) is 7.89. The van der Waals surface area contributed by atoms with E-state index in [9.17, 15) is 13.2 Å². The van der Waals surface area contributed by atoms with E-state index in [4.69, 9.17) is 0 Å². The van der Waals surface area contributed by atoms with Gasteiger partial charge in [-0.05, 0) is 38.0 Å². The molecule has 1 fully saturated rings. The minimum absolute atomic E-state index is 0.0215. The van der Waals surface area contributed by atoms with Crippen LogP contribution in [0.15, 0.2) is 36.9 Å². The van der Waals surface area contributed by atoms with Gasteiger partial charge in [0.25, 0.3) is 5.91 Å². The number of nitrogens with zero attached hydrogens (tertiary/aromatic N) is 2. The third kappa shape index (κ3) is 3.58. The van der Waals surface area contributed by atoms with Crippen molar-refractivity contribution >= 4 is 26.6 Å². The Labute approximate surface area is 148 Å². The Balaban J connectivity index is 2.06. The molecule has 0 radical (unpaired) electrons. The second kappa shape index (κ2) is 6.59. The second-order valence-corrected chi connectivity index (χ2v) is 8.86. The lowest BCUT2D eigenvalue weighted by molar-refractivity contribution is 0.0722. The molecular weight excluding hydrogens is 336 g/mol. The zero-order valence-electron chi connectivity index (χ0n) is 14.5. The molecule has 1 atom stereocenters. The number of rotatable bonds is 4. The first-order chi connectivity index (χ1) is 11.8. The molecule has 1 amide bonds. The summed E-state index contributed by atoms with van der Waals surface area (Å²) in [5.74, 6) is -0.0111. The monoisotopic (exact) mass is 358 g/mol. The van der Waals surface area contributed by atoms with Gasteiger partial charge in [0.15, 0.2) is 9.84 Å². The minimum Gasteiger partial charge on any atom is -0.331 e. The van der Waals surface area contributed by atoms with Gasteiger partial charge in [-0.25, -0.2) is 8.42 Å². The number of carbonyl (C=O) groups is 1. The minimum atomic E-state index is -3.07. The molecule has 0 N–H and O–H groups in total. The number of benzene rings is 1. The van der Waals surface area contributed by atoms with Crippen LogP contribution in [-0.2, 0) is 9.84 Å². The number of pyridine rings is 1. The maximum absolute atomic E-state index is 13.2. The molecule has 0 spiro atoms. The molecule has 5 nitrogen and oxygen atoms in total. The molecule has 0 aliphatic carbocycles. The standard InChI is InChI=1S/C19H22N2O3S/c1-4-8-21(15-7-9-25(23,24)12-15)19(22)17-11-14(3)20-18-10-13(2)5-6-16(17)18/h4-6,10-11,15H,1,7-9,12H2,2-3H3/t15-/m1/s1. The van der Waals surface area contributed by atoms with Crippen molar-refractivity contribution in [2.24, 2.45) is 0 Å². The quantitative estimate of drug-likeness (QED) is 0.788. The van der Waals surface area contributed by atoms with Crippen LogP contribution >= 0.6 is 0 Å². The third-order valence-corrected chi connectivity index (χ3v) is 6.31. The number of aryl methyl sites for hydroxylation is 2. The Morgan fingerprint density at radius 1 is 1.36 bits per heavy atom. The van der Waals surface area contributed by atoms with Crippen molar-refractivity contribution in [3.8, 4) is 0 Å². The largest absolute Gasteiger partial charge is 0.331 e. The van der Waals surface area contributed by atoms with Crippen molar-refractivity contribution in [2.45, 2.75) is 26.3 Å². The Morgan fingerprint density at radius 2 is 2.12 bits per heavy atom. The summed E-state index contributed by atoms with van der Waals surface area (Å²) < 4.78 is 23.7. The highest BCUT2D eigenvalue weighted by atomic mass is 32.2. The van der Waals surface area contributed by atoms with Gasteiger partial charge >= 0.3 is 0 Å². The number of carbonyl (C=O) groups excluding carboxylic acids is 1. The molecule has 25 heavy (non-hydrogen) atoms. The topological polar surface area (TPSA) is 67.3 Å². The molecule has 132 valence electrons. The van der Waals surface area contributed by atoms with Crippen molar-refractivity contribution in [3.05, 3.63) is 53.7 Å². The Morgan fingerprint density at radius 3 is 2.76 bits per heavy atom. The summed E-state index contributed by atoms with van der Waals surface area (Å²) in [6.07, 6.45) is 2.12. The first-order valence-corrected chi connectivity index (χ1v) is 10.1. The highest BCUT2D eigenvalue weighted by molar-refractivity contribution is 7.91. The van der Waals surface area contributed by atoms with Crippen molar-refractivity contribution in [1.29, 1.82) is 0 Å². The lowest BCUT2D eigenvalue weighted by Gasteiger charge is -2.27. The number of sulfone groups is 1. The van der Waals surface area contributed by atoms with E-state index in [0.29, 0.717) is 18.5 Å². The van der Waals surface area contributed by atoms with Crippen LogP contribution < -0.4 is 0 Å². The Hall–Kier alpha value is -2.21. The van der Waals surface area contributed by atoms with Crippen LogP contribution in [-0.4, -0.2) is 48.3 Å².